The lowest BCUT2D eigenvalue weighted by Crippen LogP contribution is -2.12. The molecule has 0 aliphatic carbocycles. The third-order valence-electron chi connectivity index (χ3n) is 4.49. The molecule has 0 aliphatic rings. The fourth-order valence-corrected chi connectivity index (χ4v) is 2.93. The van der Waals surface area contributed by atoms with E-state index in [0.717, 1.165) is 22.3 Å². The molecule has 0 bridgehead atoms. The van der Waals surface area contributed by atoms with E-state index in [0.29, 0.717) is 0 Å². The van der Waals surface area contributed by atoms with Gasteiger partial charge in [0.15, 0.2) is 0 Å². The molecule has 2 aromatic rings. The molecule has 0 unspecified atom stereocenters. The second kappa shape index (κ2) is 9.63. The number of benzene rings is 2. The van der Waals surface area contributed by atoms with E-state index in [1.165, 1.54) is 0 Å². The summed E-state index contributed by atoms with van der Waals surface area (Å²) in [5.74, 6) is 0. The van der Waals surface area contributed by atoms with Gasteiger partial charge in [-0.2, -0.15) is 0 Å². The maximum atomic E-state index is 10.6. The summed E-state index contributed by atoms with van der Waals surface area (Å²) < 4.78 is 0. The van der Waals surface area contributed by atoms with Crippen molar-refractivity contribution in [3.63, 3.8) is 0 Å². The van der Waals surface area contributed by atoms with Crippen LogP contribution >= 0.6 is 0 Å². The number of hydrogen-bond acceptors (Lipinski definition) is 4. The number of rotatable bonds is 2. The zero-order valence-corrected chi connectivity index (χ0v) is 18.0. The molecule has 2 rings (SSSR count). The minimum absolute atomic E-state index is 0. The van der Waals surface area contributed by atoms with E-state index < -0.39 is 0 Å². The van der Waals surface area contributed by atoms with Crippen LogP contribution in [0.2, 0.25) is 0 Å². The number of nitro benzene ring substituents is 2. The van der Waals surface area contributed by atoms with Gasteiger partial charge in [-0.05, 0) is 47.4 Å². The maximum absolute atomic E-state index is 10.6. The van der Waals surface area contributed by atoms with E-state index in [-0.39, 0.29) is 39.5 Å². The number of non-ortho nitro benzene ring substituents is 1. The van der Waals surface area contributed by atoms with Gasteiger partial charge in [-0.15, -0.1) is 0 Å². The summed E-state index contributed by atoms with van der Waals surface area (Å²) in [6, 6.07) is 10.3. The summed E-state index contributed by atoms with van der Waals surface area (Å²) in [4.78, 5) is 20.4. The van der Waals surface area contributed by atoms with Crippen LogP contribution in [0.5, 0.6) is 0 Å². The normalized spacial score (nSPS) is 11.0. The monoisotopic (exact) mass is 402 g/mol. The first-order valence-corrected chi connectivity index (χ1v) is 9.15. The highest BCUT2D eigenvalue weighted by molar-refractivity contribution is 5.43. The molecule has 0 fully saturated rings. The van der Waals surface area contributed by atoms with Crippen LogP contribution < -0.4 is 0 Å². The van der Waals surface area contributed by atoms with Gasteiger partial charge in [0.1, 0.15) is 0 Å². The molecule has 0 N–H and O–H groups in total. The van der Waals surface area contributed by atoms with E-state index in [2.05, 4.69) is 41.5 Å². The van der Waals surface area contributed by atoms with Crippen molar-refractivity contribution in [2.45, 2.75) is 73.6 Å². The summed E-state index contributed by atoms with van der Waals surface area (Å²) in [6.45, 7) is 16.2. The van der Waals surface area contributed by atoms with Crippen LogP contribution in [0.25, 0.3) is 0 Å². The molecule has 2 aromatic carbocycles. The van der Waals surface area contributed by atoms with Gasteiger partial charge in [0.05, 0.1) is 9.85 Å². The predicted octanol–water partition coefficient (Wildman–Crippen LogP) is 7.04. The molecule has 6 heteroatoms. The van der Waals surface area contributed by atoms with Gasteiger partial charge in [-0.25, -0.2) is 0 Å². The van der Waals surface area contributed by atoms with Crippen molar-refractivity contribution in [1.29, 1.82) is 0 Å². The molecule has 160 valence electrons. The molecule has 0 heterocycles. The van der Waals surface area contributed by atoms with Crippen LogP contribution in [-0.4, -0.2) is 9.85 Å². The molecule has 29 heavy (non-hydrogen) atoms. The fourth-order valence-electron chi connectivity index (χ4n) is 2.93. The number of aryl methyl sites for hydroxylation is 2. The smallest absolute Gasteiger partial charge is 0.258 e. The van der Waals surface area contributed by atoms with Crippen molar-refractivity contribution in [2.75, 3.05) is 0 Å². The van der Waals surface area contributed by atoms with Crippen LogP contribution in [-0.2, 0) is 10.8 Å². The van der Waals surface area contributed by atoms with E-state index in [1.54, 1.807) is 25.1 Å². The van der Waals surface area contributed by atoms with Crippen LogP contribution in [0, 0.1) is 34.1 Å². The van der Waals surface area contributed by atoms with Crippen molar-refractivity contribution in [2.24, 2.45) is 0 Å². The minimum atomic E-state index is -0.362. The van der Waals surface area contributed by atoms with E-state index >= 15 is 0 Å². The topological polar surface area (TPSA) is 86.3 Å². The number of hydrogen-bond donors (Lipinski definition) is 0. The second-order valence-electron chi connectivity index (χ2n) is 9.01. The standard InChI is InChI=1S/2C11H15NO2.CH4/c1-8-7-9(12(13)14)5-6-10(8)11(2,3)4;1-8-7-9(11(2,3)4)5-6-10(8)12(13)14;/h2*5-7H,1-4H3;1H4. The highest BCUT2D eigenvalue weighted by atomic mass is 16.6. The summed E-state index contributed by atoms with van der Waals surface area (Å²) in [6.07, 6.45) is 0. The Balaban J connectivity index is 0.000000523. The van der Waals surface area contributed by atoms with Crippen LogP contribution in [0.15, 0.2) is 36.4 Å². The van der Waals surface area contributed by atoms with Crippen molar-refractivity contribution in [3.8, 4) is 0 Å². The van der Waals surface area contributed by atoms with Crippen molar-refractivity contribution >= 4 is 11.4 Å². The Hall–Kier alpha value is -2.76. The molecule has 0 amide bonds. The Bertz CT molecular complexity index is 875. The maximum Gasteiger partial charge on any atom is 0.272 e. The highest BCUT2D eigenvalue weighted by Crippen LogP contribution is 2.28. The summed E-state index contributed by atoms with van der Waals surface area (Å²) in [7, 11) is 0. The Kier molecular flexibility index (Phi) is 8.71. The van der Waals surface area contributed by atoms with Gasteiger partial charge in [0, 0.05) is 23.8 Å². The zero-order chi connectivity index (χ0) is 21.9. The zero-order valence-electron chi connectivity index (χ0n) is 18.0. The third-order valence-corrected chi connectivity index (χ3v) is 4.49. The quantitative estimate of drug-likeness (QED) is 0.398. The van der Waals surface area contributed by atoms with Gasteiger partial charge in [-0.3, -0.25) is 20.2 Å². The molecule has 0 atom stereocenters. The molecule has 0 aliphatic heterocycles. The average molecular weight is 403 g/mol. The van der Waals surface area contributed by atoms with E-state index in [4.69, 9.17) is 0 Å². The van der Waals surface area contributed by atoms with Crippen molar-refractivity contribution < 1.29 is 9.85 Å². The van der Waals surface area contributed by atoms with Crippen LogP contribution in [0.4, 0.5) is 11.4 Å². The summed E-state index contributed by atoms with van der Waals surface area (Å²) in [5.41, 5.74) is 4.42. The first-order valence-electron chi connectivity index (χ1n) is 9.15. The van der Waals surface area contributed by atoms with Crippen LogP contribution in [0.3, 0.4) is 0 Å². The third kappa shape index (κ3) is 7.29. The number of nitrogens with zero attached hydrogens (tertiary/aromatic N) is 2. The summed E-state index contributed by atoms with van der Waals surface area (Å²) in [5, 5.41) is 21.1. The molecule has 0 spiro atoms. The Labute approximate surface area is 174 Å². The largest absolute Gasteiger partial charge is 0.272 e. The van der Waals surface area contributed by atoms with Crippen molar-refractivity contribution in [3.05, 3.63) is 78.9 Å². The fraction of sp³-hybridized carbons (Fsp3) is 0.478. The van der Waals surface area contributed by atoms with Gasteiger partial charge < -0.3 is 0 Å². The Morgan fingerprint density at radius 3 is 1.62 bits per heavy atom. The molecule has 0 radical (unpaired) electrons. The highest BCUT2D eigenvalue weighted by Gasteiger charge is 2.18. The molecular formula is C23H34N2O4. The van der Waals surface area contributed by atoms with Gasteiger partial charge in [0.2, 0.25) is 0 Å². The van der Waals surface area contributed by atoms with Crippen molar-refractivity contribution in [1.82, 2.24) is 0 Å². The van der Waals surface area contributed by atoms with E-state index in [1.807, 2.05) is 25.1 Å². The van der Waals surface area contributed by atoms with Crippen LogP contribution in [0.1, 0.15) is 71.2 Å². The molecule has 0 saturated carbocycles. The van der Waals surface area contributed by atoms with Gasteiger partial charge >= 0.3 is 0 Å². The second-order valence-corrected chi connectivity index (χ2v) is 9.01. The van der Waals surface area contributed by atoms with Gasteiger partial charge in [-0.1, -0.05) is 61.1 Å². The average Bonchev–Trinajstić information content (AvgIpc) is 2.52. The first-order chi connectivity index (χ1) is 12.6. The molecule has 0 saturated heterocycles. The molecule has 6 nitrogen and oxygen atoms in total. The molecule has 0 aromatic heterocycles. The van der Waals surface area contributed by atoms with E-state index in [9.17, 15) is 20.2 Å². The minimum Gasteiger partial charge on any atom is -0.258 e. The summed E-state index contributed by atoms with van der Waals surface area (Å²) >= 11 is 0. The number of nitro groups is 2. The Morgan fingerprint density at radius 2 is 1.28 bits per heavy atom. The lowest BCUT2D eigenvalue weighted by molar-refractivity contribution is -0.385. The lowest BCUT2D eigenvalue weighted by Gasteiger charge is -2.21. The molecular weight excluding hydrogens is 368 g/mol. The lowest BCUT2D eigenvalue weighted by atomic mass is 9.84. The first kappa shape index (κ1) is 26.2. The predicted molar refractivity (Wildman–Crippen MR) is 120 cm³/mol. The van der Waals surface area contributed by atoms with Gasteiger partial charge in [0.25, 0.3) is 11.4 Å². The Morgan fingerprint density at radius 1 is 0.724 bits per heavy atom. The SMILES string of the molecule is C.Cc1cc(C(C)(C)C)ccc1[N+](=O)[O-].Cc1cc([N+](=O)[O-])ccc1C(C)(C)C.